The summed E-state index contributed by atoms with van der Waals surface area (Å²) in [5, 5.41) is 2.87. The topological polar surface area (TPSA) is 127 Å². The van der Waals surface area contributed by atoms with Crippen LogP contribution in [0.25, 0.3) is 0 Å². The lowest BCUT2D eigenvalue weighted by atomic mass is 9.44. The van der Waals surface area contributed by atoms with E-state index in [0.717, 1.165) is 32.1 Å². The summed E-state index contributed by atoms with van der Waals surface area (Å²) in [5.74, 6) is 2.78. The van der Waals surface area contributed by atoms with Crippen LogP contribution in [-0.2, 0) is 25.5 Å². The summed E-state index contributed by atoms with van der Waals surface area (Å²) in [5.41, 5.74) is 7.26. The van der Waals surface area contributed by atoms with Gasteiger partial charge in [0.2, 0.25) is 5.91 Å². The minimum absolute atomic E-state index is 0.137. The van der Waals surface area contributed by atoms with Crippen LogP contribution >= 0.6 is 0 Å². The molecule has 1 heterocycles. The van der Waals surface area contributed by atoms with E-state index in [4.69, 9.17) is 10.5 Å². The fraction of sp³-hybridized carbons (Fsp3) is 0.818. The molecule has 0 radical (unpaired) electrons. The van der Waals surface area contributed by atoms with Crippen molar-refractivity contribution in [3.8, 4) is 0 Å². The molecule has 228 valence electrons. The number of nitrogens with zero attached hydrogens (tertiary/aromatic N) is 1. The van der Waals surface area contributed by atoms with Crippen molar-refractivity contribution in [2.45, 2.75) is 123 Å². The highest BCUT2D eigenvalue weighted by atomic mass is 16.5. The summed E-state index contributed by atoms with van der Waals surface area (Å²) in [7, 11) is 0. The number of H-pyrrole nitrogens is 1. The van der Waals surface area contributed by atoms with Crippen molar-refractivity contribution in [3.63, 3.8) is 0 Å². The maximum Gasteiger partial charge on any atom is 0.329 e. The first-order valence-electron chi connectivity index (χ1n) is 16.2. The molecule has 4 aliphatic rings. The number of nitrogens with one attached hydrogen (secondary N) is 2. The van der Waals surface area contributed by atoms with Gasteiger partial charge < -0.3 is 20.8 Å². The third-order valence-corrected chi connectivity index (χ3v) is 12.0. The zero-order valence-electron chi connectivity index (χ0n) is 25.8. The zero-order valence-corrected chi connectivity index (χ0v) is 25.8. The summed E-state index contributed by atoms with van der Waals surface area (Å²) in [6.07, 6.45) is 13.8. The Bertz CT molecular complexity index is 1100. The molecule has 4 saturated carbocycles. The third kappa shape index (κ3) is 5.87. The van der Waals surface area contributed by atoms with E-state index in [0.29, 0.717) is 41.6 Å². The number of aromatic nitrogens is 2. The van der Waals surface area contributed by atoms with Gasteiger partial charge in [-0.1, -0.05) is 27.7 Å². The van der Waals surface area contributed by atoms with Crippen molar-refractivity contribution in [3.05, 3.63) is 18.2 Å². The first kappa shape index (κ1) is 30.2. The van der Waals surface area contributed by atoms with Gasteiger partial charge in [0.25, 0.3) is 0 Å². The Morgan fingerprint density at radius 3 is 2.49 bits per heavy atom. The number of aromatic amines is 1. The number of carbonyl (C=O) groups is 3. The number of imidazole rings is 1. The van der Waals surface area contributed by atoms with Crippen LogP contribution in [0.4, 0.5) is 0 Å². The minimum atomic E-state index is -0.819. The molecular weight excluding hydrogens is 516 g/mol. The number of ether oxygens (including phenoxy) is 1. The summed E-state index contributed by atoms with van der Waals surface area (Å²) in [6, 6.07) is -1.49. The molecule has 0 bridgehead atoms. The molecule has 8 heteroatoms. The number of nitrogens with two attached hydrogens (primary N) is 1. The van der Waals surface area contributed by atoms with Gasteiger partial charge in [-0.2, -0.15) is 0 Å². The van der Waals surface area contributed by atoms with E-state index in [1.54, 1.807) is 19.4 Å². The maximum atomic E-state index is 13.5. The van der Waals surface area contributed by atoms with Gasteiger partial charge in [0.05, 0.1) is 18.1 Å². The van der Waals surface area contributed by atoms with Crippen LogP contribution in [0, 0.1) is 46.3 Å². The summed E-state index contributed by atoms with van der Waals surface area (Å²) < 4.78 is 6.15. The Hall–Kier alpha value is -2.22. The van der Waals surface area contributed by atoms with Crippen molar-refractivity contribution in [2.24, 2.45) is 52.1 Å². The molecule has 1 amide bonds. The predicted molar refractivity (Wildman–Crippen MR) is 157 cm³/mol. The molecule has 0 unspecified atom stereocenters. The van der Waals surface area contributed by atoms with Crippen molar-refractivity contribution in [2.75, 3.05) is 0 Å². The lowest BCUT2D eigenvalue weighted by molar-refractivity contribution is -0.165. The molecule has 10 atom stereocenters. The molecule has 8 nitrogen and oxygen atoms in total. The van der Waals surface area contributed by atoms with Crippen molar-refractivity contribution in [1.29, 1.82) is 0 Å². The number of carbonyl (C=O) groups excluding carboxylic acids is 3. The highest BCUT2D eigenvalue weighted by Gasteiger charge is 2.61. The zero-order chi connectivity index (χ0) is 29.5. The van der Waals surface area contributed by atoms with E-state index in [1.807, 2.05) is 13.8 Å². The van der Waals surface area contributed by atoms with Gasteiger partial charge in [0.1, 0.15) is 17.9 Å². The van der Waals surface area contributed by atoms with Gasteiger partial charge in [-0.05, 0) is 112 Å². The van der Waals surface area contributed by atoms with Crippen molar-refractivity contribution in [1.82, 2.24) is 15.3 Å². The van der Waals surface area contributed by atoms with Crippen molar-refractivity contribution >= 4 is 17.7 Å². The van der Waals surface area contributed by atoms with E-state index in [-0.39, 0.29) is 41.1 Å². The van der Waals surface area contributed by atoms with E-state index in [2.05, 4.69) is 29.1 Å². The highest BCUT2D eigenvalue weighted by molar-refractivity contribution is 5.87. The average Bonchev–Trinajstić information content (AvgIpc) is 3.55. The number of ketones is 1. The van der Waals surface area contributed by atoms with E-state index in [9.17, 15) is 14.4 Å². The van der Waals surface area contributed by atoms with E-state index < -0.39 is 18.1 Å². The first-order valence-corrected chi connectivity index (χ1v) is 16.2. The Morgan fingerprint density at radius 2 is 1.80 bits per heavy atom. The second kappa shape index (κ2) is 11.8. The lowest BCUT2D eigenvalue weighted by Crippen LogP contribution is -2.55. The fourth-order valence-electron chi connectivity index (χ4n) is 9.94. The van der Waals surface area contributed by atoms with Crippen LogP contribution in [0.3, 0.4) is 0 Å². The average molecular weight is 569 g/mol. The van der Waals surface area contributed by atoms with Gasteiger partial charge in [0, 0.05) is 18.5 Å². The molecule has 4 fully saturated rings. The molecule has 1 aromatic rings. The number of rotatable bonds is 9. The van der Waals surface area contributed by atoms with Crippen LogP contribution in [0.1, 0.15) is 105 Å². The molecule has 5 rings (SSSR count). The normalized spacial score (nSPS) is 37.8. The van der Waals surface area contributed by atoms with Crippen molar-refractivity contribution < 1.29 is 19.1 Å². The number of amides is 1. The third-order valence-electron chi connectivity index (χ3n) is 12.0. The standard InChI is InChI=1S/C33H52N4O4/c1-19(2)14-28(34)30(39)37-29(16-22-17-35-18-36-22)31(40)41-23-10-12-32(4)21(15-23)6-7-24-26-9-8-25(20(3)38)33(26,5)13-11-27(24)32/h17-19,21,23-29H,6-16,34H2,1-5H3,(H,35,36)(H,37,39)/t21-,23+,24-,25+,26-,27-,28-,29-,32-,33+/m0/s1. The predicted octanol–water partition coefficient (Wildman–Crippen LogP) is 4.97. The minimum Gasteiger partial charge on any atom is -0.461 e. The number of hydrogen-bond acceptors (Lipinski definition) is 6. The molecule has 0 saturated heterocycles. The molecule has 0 spiro atoms. The number of fused-ring (bicyclic) bond motifs is 5. The molecule has 41 heavy (non-hydrogen) atoms. The Morgan fingerprint density at radius 1 is 1.07 bits per heavy atom. The van der Waals surface area contributed by atoms with Crippen LogP contribution < -0.4 is 11.1 Å². The Balaban J connectivity index is 1.23. The summed E-state index contributed by atoms with van der Waals surface area (Å²) in [4.78, 5) is 46.0. The van der Waals surface area contributed by atoms with Crippen LogP contribution in [0.5, 0.6) is 0 Å². The largest absolute Gasteiger partial charge is 0.461 e. The molecule has 4 N–H and O–H groups in total. The molecule has 0 aromatic carbocycles. The SMILES string of the molecule is CC(=O)[C@H]1CC[C@H]2[C@@H]3CC[C@H]4C[C@H](OC(=O)[C@H](Cc5c[nH]cn5)NC(=O)[C@@H](N)CC(C)C)CC[C@]4(C)[C@H]3CC[C@]12C. The van der Waals surface area contributed by atoms with E-state index in [1.165, 1.54) is 25.7 Å². The van der Waals surface area contributed by atoms with Gasteiger partial charge in [-0.15, -0.1) is 0 Å². The second-order valence-corrected chi connectivity index (χ2v) is 14.8. The molecular formula is C33H52N4O4. The van der Waals surface area contributed by atoms with Gasteiger partial charge in [-0.25, -0.2) is 9.78 Å². The second-order valence-electron chi connectivity index (χ2n) is 14.8. The molecule has 4 aliphatic carbocycles. The Kier molecular flexibility index (Phi) is 8.71. The van der Waals surface area contributed by atoms with E-state index >= 15 is 0 Å². The van der Waals surface area contributed by atoms with Crippen LogP contribution in [0.2, 0.25) is 0 Å². The smallest absolute Gasteiger partial charge is 0.329 e. The summed E-state index contributed by atoms with van der Waals surface area (Å²) in [6.45, 7) is 10.8. The molecule has 1 aromatic heterocycles. The Labute approximate surface area is 245 Å². The van der Waals surface area contributed by atoms with Crippen LogP contribution in [0.15, 0.2) is 12.5 Å². The van der Waals surface area contributed by atoms with Crippen LogP contribution in [-0.4, -0.2) is 45.8 Å². The van der Waals surface area contributed by atoms with Gasteiger partial charge in [-0.3, -0.25) is 9.59 Å². The lowest BCUT2D eigenvalue weighted by Gasteiger charge is -2.61. The van der Waals surface area contributed by atoms with Gasteiger partial charge in [0.15, 0.2) is 0 Å². The summed E-state index contributed by atoms with van der Waals surface area (Å²) >= 11 is 0. The number of hydrogen-bond donors (Lipinski definition) is 3. The maximum absolute atomic E-state index is 13.5. The van der Waals surface area contributed by atoms with Gasteiger partial charge >= 0.3 is 5.97 Å². The first-order chi connectivity index (χ1) is 19.4. The monoisotopic (exact) mass is 568 g/mol. The quantitative estimate of drug-likeness (QED) is 0.361. The number of esters is 1. The molecule has 0 aliphatic heterocycles. The number of Topliss-reactive ketones (excluding diaryl/α,β-unsaturated/α-hetero) is 1. The fourth-order valence-corrected chi connectivity index (χ4v) is 9.94. The highest BCUT2D eigenvalue weighted by Crippen LogP contribution is 2.67.